The third kappa shape index (κ3) is 5.42. The Kier molecular flexibility index (Phi) is 7.06. The van der Waals surface area contributed by atoms with Crippen molar-refractivity contribution in [1.29, 1.82) is 0 Å². The highest BCUT2D eigenvalue weighted by Gasteiger charge is 2.22. The Bertz CT molecular complexity index is 1500. The first-order chi connectivity index (χ1) is 17.9. The topological polar surface area (TPSA) is 105 Å². The van der Waals surface area contributed by atoms with E-state index in [0.29, 0.717) is 41.1 Å². The van der Waals surface area contributed by atoms with E-state index >= 15 is 0 Å². The molecule has 0 bridgehead atoms. The molecule has 0 atom stereocenters. The van der Waals surface area contributed by atoms with Gasteiger partial charge in [0.25, 0.3) is 11.5 Å². The quantitative estimate of drug-likeness (QED) is 0.405. The van der Waals surface area contributed by atoms with Crippen LogP contribution in [0.15, 0.2) is 65.7 Å². The second-order valence-corrected chi connectivity index (χ2v) is 10.2. The highest BCUT2D eigenvalue weighted by Crippen LogP contribution is 2.28. The summed E-state index contributed by atoms with van der Waals surface area (Å²) in [6.07, 6.45) is 3.49. The number of halogens is 1. The summed E-state index contributed by atoms with van der Waals surface area (Å²) in [5, 5.41) is 11.4. The summed E-state index contributed by atoms with van der Waals surface area (Å²) in [5.41, 5.74) is 2.82. The van der Waals surface area contributed by atoms with E-state index in [0.717, 1.165) is 17.1 Å². The van der Waals surface area contributed by atoms with Crippen molar-refractivity contribution in [2.45, 2.75) is 13.5 Å². The molecule has 1 aliphatic rings. The number of piperazine rings is 1. The second-order valence-electron chi connectivity index (χ2n) is 8.52. The number of pyridine rings is 1. The molecule has 190 valence electrons. The molecule has 1 fully saturated rings. The Hall–Kier alpha value is -3.96. The van der Waals surface area contributed by atoms with Gasteiger partial charge in [-0.05, 0) is 36.4 Å². The molecule has 1 aliphatic heterocycles. The van der Waals surface area contributed by atoms with Crippen LogP contribution < -0.4 is 15.8 Å². The van der Waals surface area contributed by atoms with Crippen LogP contribution >= 0.6 is 22.9 Å². The number of carbonyl (C=O) groups excluding carboxylic acids is 2. The number of nitrogens with one attached hydrogen (secondary N) is 1. The Morgan fingerprint density at radius 2 is 1.86 bits per heavy atom. The Morgan fingerprint density at radius 1 is 1.05 bits per heavy atom. The van der Waals surface area contributed by atoms with Crippen molar-refractivity contribution in [2.75, 3.05) is 31.1 Å². The van der Waals surface area contributed by atoms with E-state index < -0.39 is 0 Å². The molecule has 1 aromatic carbocycles. The Labute approximate surface area is 221 Å². The molecule has 3 aromatic heterocycles. The summed E-state index contributed by atoms with van der Waals surface area (Å²) in [4.78, 5) is 41.2. The normalized spacial score (nSPS) is 13.6. The first-order valence-electron chi connectivity index (χ1n) is 11.7. The van der Waals surface area contributed by atoms with Gasteiger partial charge in [0.15, 0.2) is 0 Å². The minimum atomic E-state index is -0.229. The van der Waals surface area contributed by atoms with E-state index in [1.807, 2.05) is 29.2 Å². The van der Waals surface area contributed by atoms with Crippen molar-refractivity contribution in [3.8, 4) is 11.4 Å². The third-order valence-corrected chi connectivity index (χ3v) is 7.37. The predicted octanol–water partition coefficient (Wildman–Crippen LogP) is 2.73. The number of amides is 2. The van der Waals surface area contributed by atoms with E-state index in [9.17, 15) is 14.4 Å². The van der Waals surface area contributed by atoms with Crippen molar-refractivity contribution >= 4 is 40.4 Å². The molecule has 4 aromatic rings. The second kappa shape index (κ2) is 10.6. The highest BCUT2D eigenvalue weighted by molar-refractivity contribution is 7.18. The highest BCUT2D eigenvalue weighted by atomic mass is 35.5. The minimum absolute atomic E-state index is 0.0530. The average Bonchev–Trinajstić information content (AvgIpc) is 3.56. The van der Waals surface area contributed by atoms with Gasteiger partial charge in [-0.2, -0.15) is 0 Å². The number of nitrogens with zero attached hydrogens (tertiary/aromatic N) is 6. The number of anilines is 1. The summed E-state index contributed by atoms with van der Waals surface area (Å²) in [6.45, 7) is 4.27. The third-order valence-electron chi connectivity index (χ3n) is 6.14. The van der Waals surface area contributed by atoms with Gasteiger partial charge in [-0.15, -0.1) is 16.4 Å². The number of benzene rings is 1. The van der Waals surface area contributed by atoms with Crippen molar-refractivity contribution < 1.29 is 9.59 Å². The van der Waals surface area contributed by atoms with Gasteiger partial charge < -0.3 is 15.1 Å². The fourth-order valence-corrected chi connectivity index (χ4v) is 5.16. The fraction of sp³-hybridized carbons (Fsp3) is 0.240. The summed E-state index contributed by atoms with van der Waals surface area (Å²) in [6, 6.07) is 14.1. The van der Waals surface area contributed by atoms with Gasteiger partial charge in [-0.3, -0.25) is 19.0 Å². The number of aromatic nitrogens is 4. The summed E-state index contributed by atoms with van der Waals surface area (Å²) < 4.78 is 3.79. The summed E-state index contributed by atoms with van der Waals surface area (Å²) >= 11 is 7.14. The molecule has 0 aliphatic carbocycles. The van der Waals surface area contributed by atoms with Crippen molar-refractivity contribution in [2.24, 2.45) is 0 Å². The molecule has 10 nitrogen and oxygen atoms in total. The van der Waals surface area contributed by atoms with Crippen LogP contribution in [0.25, 0.3) is 11.4 Å². The lowest BCUT2D eigenvalue weighted by atomic mass is 10.2. The molecule has 12 heteroatoms. The van der Waals surface area contributed by atoms with Gasteiger partial charge in [0.1, 0.15) is 5.69 Å². The van der Waals surface area contributed by atoms with Crippen LogP contribution in [0.4, 0.5) is 5.69 Å². The number of hydrogen-bond acceptors (Lipinski definition) is 7. The zero-order chi connectivity index (χ0) is 25.9. The predicted molar refractivity (Wildman–Crippen MR) is 142 cm³/mol. The van der Waals surface area contributed by atoms with Gasteiger partial charge in [-0.25, -0.2) is 4.68 Å². The summed E-state index contributed by atoms with van der Waals surface area (Å²) in [5.74, 6) is -0.176. The molecule has 0 saturated carbocycles. The van der Waals surface area contributed by atoms with E-state index in [-0.39, 0.29) is 23.9 Å². The summed E-state index contributed by atoms with van der Waals surface area (Å²) in [7, 11) is 0. The number of thiophene rings is 1. The van der Waals surface area contributed by atoms with Crippen LogP contribution in [0.2, 0.25) is 4.34 Å². The van der Waals surface area contributed by atoms with E-state index in [2.05, 4.69) is 20.5 Å². The number of hydrogen-bond donors (Lipinski definition) is 1. The fourth-order valence-electron chi connectivity index (χ4n) is 4.20. The Balaban J connectivity index is 1.42. The zero-order valence-electron chi connectivity index (χ0n) is 20.0. The standard InChI is InChI=1S/C25H24ClN7O3S/c1-17(34)30-10-12-31(13-11-30)21-14-19(32-9-3-2-4-24(32)35)5-6-20(21)33-16-18(28-29-33)15-27-25(36)22-7-8-23(26)37-22/h2-9,14,16H,10-13,15H2,1H3,(H,27,36). The molecule has 0 radical (unpaired) electrons. The van der Waals surface area contributed by atoms with Crippen LogP contribution in [0, 0.1) is 0 Å². The molecule has 37 heavy (non-hydrogen) atoms. The van der Waals surface area contributed by atoms with Crippen LogP contribution in [0.3, 0.4) is 0 Å². The lowest BCUT2D eigenvalue weighted by molar-refractivity contribution is -0.129. The van der Waals surface area contributed by atoms with Crippen LogP contribution in [-0.2, 0) is 11.3 Å². The molecule has 1 N–H and O–H groups in total. The van der Waals surface area contributed by atoms with Gasteiger partial charge in [0.2, 0.25) is 5.91 Å². The molecule has 4 heterocycles. The van der Waals surface area contributed by atoms with Gasteiger partial charge in [0.05, 0.1) is 39.0 Å². The lowest BCUT2D eigenvalue weighted by Gasteiger charge is -2.36. The number of carbonyl (C=O) groups is 2. The van der Waals surface area contributed by atoms with Crippen LogP contribution in [0.5, 0.6) is 0 Å². The minimum Gasteiger partial charge on any atom is -0.366 e. The first kappa shape index (κ1) is 24.7. The van der Waals surface area contributed by atoms with E-state index in [1.54, 1.807) is 46.8 Å². The zero-order valence-corrected chi connectivity index (χ0v) is 21.6. The maximum atomic E-state index is 12.5. The molecule has 2 amide bonds. The first-order valence-corrected chi connectivity index (χ1v) is 12.9. The lowest BCUT2D eigenvalue weighted by Crippen LogP contribution is -2.48. The van der Waals surface area contributed by atoms with Crippen molar-refractivity contribution in [3.05, 3.63) is 86.2 Å². The van der Waals surface area contributed by atoms with Gasteiger partial charge >= 0.3 is 0 Å². The van der Waals surface area contributed by atoms with Crippen LogP contribution in [0.1, 0.15) is 22.3 Å². The monoisotopic (exact) mass is 537 g/mol. The molecule has 0 spiro atoms. The van der Waals surface area contributed by atoms with Gasteiger partial charge in [0, 0.05) is 45.4 Å². The van der Waals surface area contributed by atoms with Crippen molar-refractivity contribution in [1.82, 2.24) is 29.8 Å². The maximum Gasteiger partial charge on any atom is 0.261 e. The SMILES string of the molecule is CC(=O)N1CCN(c2cc(-n3ccccc3=O)ccc2-n2cc(CNC(=O)c3ccc(Cl)s3)nn2)CC1. The average molecular weight is 538 g/mol. The number of rotatable bonds is 6. The molecular weight excluding hydrogens is 514 g/mol. The molecule has 5 rings (SSSR count). The smallest absolute Gasteiger partial charge is 0.261 e. The molecule has 0 unspecified atom stereocenters. The van der Waals surface area contributed by atoms with Crippen molar-refractivity contribution in [3.63, 3.8) is 0 Å². The largest absolute Gasteiger partial charge is 0.366 e. The van der Waals surface area contributed by atoms with E-state index in [4.69, 9.17) is 11.6 Å². The molecule has 1 saturated heterocycles. The van der Waals surface area contributed by atoms with Crippen LogP contribution in [-0.4, -0.2) is 62.5 Å². The van der Waals surface area contributed by atoms with E-state index in [1.165, 1.54) is 17.4 Å². The Morgan fingerprint density at radius 3 is 2.57 bits per heavy atom. The maximum absolute atomic E-state index is 12.5. The molecular formula is C25H24ClN7O3S. The van der Waals surface area contributed by atoms with Gasteiger partial charge in [-0.1, -0.05) is 22.9 Å².